The summed E-state index contributed by atoms with van der Waals surface area (Å²) in [6, 6.07) is 21.8. The Hall–Kier alpha value is -2.86. The van der Waals surface area contributed by atoms with Crippen molar-refractivity contribution in [3.8, 4) is 5.75 Å². The van der Waals surface area contributed by atoms with Gasteiger partial charge in [0.25, 0.3) is 5.91 Å². The SMILES string of the molecule is CCOc1ccc(Cc2cc(C3OC(CCc4cccc(C(=O)NC)c4)CC(O)C3C)ccc2Cl)cc1. The van der Waals surface area contributed by atoms with Crippen LogP contribution in [0.15, 0.2) is 66.7 Å². The van der Waals surface area contributed by atoms with Crippen molar-refractivity contribution in [3.05, 3.63) is 99.6 Å². The average molecular weight is 522 g/mol. The lowest BCUT2D eigenvalue weighted by atomic mass is 9.84. The summed E-state index contributed by atoms with van der Waals surface area (Å²) in [4.78, 5) is 12.0. The Kier molecular flexibility index (Phi) is 9.25. The molecule has 0 saturated carbocycles. The number of aryl methyl sites for hydroxylation is 1. The Morgan fingerprint density at radius 1 is 1.11 bits per heavy atom. The number of nitrogens with one attached hydrogen (secondary N) is 1. The molecule has 4 unspecified atom stereocenters. The minimum Gasteiger partial charge on any atom is -0.494 e. The number of hydrogen-bond donors (Lipinski definition) is 2. The molecular formula is C31H36ClNO4. The van der Waals surface area contributed by atoms with Gasteiger partial charge in [0, 0.05) is 23.6 Å². The molecular weight excluding hydrogens is 486 g/mol. The molecule has 1 saturated heterocycles. The van der Waals surface area contributed by atoms with Crippen LogP contribution in [-0.4, -0.2) is 36.9 Å². The Bertz CT molecular complexity index is 1200. The van der Waals surface area contributed by atoms with Gasteiger partial charge in [0.05, 0.1) is 24.9 Å². The first kappa shape index (κ1) is 27.2. The Labute approximate surface area is 224 Å². The largest absolute Gasteiger partial charge is 0.494 e. The van der Waals surface area contributed by atoms with E-state index in [1.165, 1.54) is 0 Å². The van der Waals surface area contributed by atoms with E-state index in [2.05, 4.69) is 23.5 Å². The molecule has 196 valence electrons. The molecule has 6 heteroatoms. The van der Waals surface area contributed by atoms with E-state index in [4.69, 9.17) is 21.1 Å². The lowest BCUT2D eigenvalue weighted by Gasteiger charge is -2.39. The van der Waals surface area contributed by atoms with Crippen LogP contribution in [0.3, 0.4) is 0 Å². The molecule has 3 aromatic rings. The number of ether oxygens (including phenoxy) is 2. The molecule has 4 rings (SSSR count). The maximum atomic E-state index is 12.0. The summed E-state index contributed by atoms with van der Waals surface area (Å²) in [5, 5.41) is 14.3. The van der Waals surface area contributed by atoms with Gasteiger partial charge in [-0.1, -0.05) is 54.9 Å². The summed E-state index contributed by atoms with van der Waals surface area (Å²) in [6.07, 6.45) is 2.09. The topological polar surface area (TPSA) is 67.8 Å². The van der Waals surface area contributed by atoms with Crippen molar-refractivity contribution in [2.45, 2.75) is 57.8 Å². The van der Waals surface area contributed by atoms with E-state index in [0.717, 1.165) is 40.8 Å². The van der Waals surface area contributed by atoms with Gasteiger partial charge < -0.3 is 19.9 Å². The average Bonchev–Trinajstić information content (AvgIpc) is 2.91. The zero-order valence-electron chi connectivity index (χ0n) is 21.7. The molecule has 1 heterocycles. The van der Waals surface area contributed by atoms with Crippen LogP contribution in [0.1, 0.15) is 65.4 Å². The van der Waals surface area contributed by atoms with E-state index < -0.39 is 6.10 Å². The van der Waals surface area contributed by atoms with Crippen LogP contribution >= 0.6 is 11.6 Å². The predicted octanol–water partition coefficient (Wildman–Crippen LogP) is 6.15. The highest BCUT2D eigenvalue weighted by atomic mass is 35.5. The zero-order valence-corrected chi connectivity index (χ0v) is 22.5. The van der Waals surface area contributed by atoms with Gasteiger partial charge in [-0.2, -0.15) is 0 Å². The van der Waals surface area contributed by atoms with Crippen molar-refractivity contribution in [3.63, 3.8) is 0 Å². The quantitative estimate of drug-likeness (QED) is 0.354. The number of aliphatic hydroxyl groups excluding tert-OH is 1. The van der Waals surface area contributed by atoms with E-state index in [0.29, 0.717) is 30.0 Å². The highest BCUT2D eigenvalue weighted by Gasteiger charge is 2.36. The number of amides is 1. The lowest BCUT2D eigenvalue weighted by molar-refractivity contribution is -0.135. The summed E-state index contributed by atoms with van der Waals surface area (Å²) in [7, 11) is 1.63. The molecule has 0 bridgehead atoms. The fourth-order valence-electron chi connectivity index (χ4n) is 4.98. The Morgan fingerprint density at radius 3 is 2.62 bits per heavy atom. The summed E-state index contributed by atoms with van der Waals surface area (Å²) in [5.41, 5.74) is 4.94. The van der Waals surface area contributed by atoms with Crippen molar-refractivity contribution in [1.29, 1.82) is 0 Å². The van der Waals surface area contributed by atoms with Crippen LogP contribution < -0.4 is 10.1 Å². The molecule has 0 radical (unpaired) electrons. The van der Waals surface area contributed by atoms with Gasteiger partial charge in [0.2, 0.25) is 0 Å². The number of carbonyl (C=O) groups excluding carboxylic acids is 1. The molecule has 4 atom stereocenters. The highest BCUT2D eigenvalue weighted by Crippen LogP contribution is 2.39. The van der Waals surface area contributed by atoms with Crippen molar-refractivity contribution in [1.82, 2.24) is 5.32 Å². The van der Waals surface area contributed by atoms with Gasteiger partial charge in [0.1, 0.15) is 5.75 Å². The second-order valence-corrected chi connectivity index (χ2v) is 10.2. The molecule has 0 spiro atoms. The normalized spacial score (nSPS) is 21.4. The smallest absolute Gasteiger partial charge is 0.251 e. The van der Waals surface area contributed by atoms with Crippen LogP contribution in [0.5, 0.6) is 5.75 Å². The molecule has 2 N–H and O–H groups in total. The second kappa shape index (κ2) is 12.6. The van der Waals surface area contributed by atoms with Crippen LogP contribution in [0, 0.1) is 5.92 Å². The second-order valence-electron chi connectivity index (χ2n) is 9.76. The number of hydrogen-bond acceptors (Lipinski definition) is 4. The van der Waals surface area contributed by atoms with Crippen LogP contribution in [0.25, 0.3) is 0 Å². The van der Waals surface area contributed by atoms with E-state index in [1.54, 1.807) is 7.05 Å². The van der Waals surface area contributed by atoms with Crippen molar-refractivity contribution < 1.29 is 19.4 Å². The fourth-order valence-corrected chi connectivity index (χ4v) is 5.16. The number of carbonyl (C=O) groups is 1. The molecule has 1 amide bonds. The number of aliphatic hydroxyl groups is 1. The molecule has 5 nitrogen and oxygen atoms in total. The lowest BCUT2D eigenvalue weighted by Crippen LogP contribution is -2.38. The first-order chi connectivity index (χ1) is 17.9. The van der Waals surface area contributed by atoms with Crippen LogP contribution in [0.4, 0.5) is 0 Å². The molecule has 1 fully saturated rings. The number of halogens is 1. The fraction of sp³-hybridized carbons (Fsp3) is 0.387. The third-order valence-corrected chi connectivity index (χ3v) is 7.50. The minimum absolute atomic E-state index is 0.0349. The van der Waals surface area contributed by atoms with Gasteiger partial charge in [-0.25, -0.2) is 0 Å². The summed E-state index contributed by atoms with van der Waals surface area (Å²) >= 11 is 6.58. The van der Waals surface area contributed by atoms with E-state index in [1.807, 2.05) is 62.4 Å². The maximum Gasteiger partial charge on any atom is 0.251 e. The third kappa shape index (κ3) is 6.92. The van der Waals surface area contributed by atoms with E-state index in [-0.39, 0.29) is 24.0 Å². The van der Waals surface area contributed by atoms with Crippen molar-refractivity contribution in [2.75, 3.05) is 13.7 Å². The summed E-state index contributed by atoms with van der Waals surface area (Å²) in [6.45, 7) is 4.65. The van der Waals surface area contributed by atoms with Gasteiger partial charge >= 0.3 is 0 Å². The third-order valence-electron chi connectivity index (χ3n) is 7.13. The molecule has 37 heavy (non-hydrogen) atoms. The van der Waals surface area contributed by atoms with Crippen molar-refractivity contribution >= 4 is 17.5 Å². The first-order valence-corrected chi connectivity index (χ1v) is 13.4. The van der Waals surface area contributed by atoms with E-state index in [9.17, 15) is 9.90 Å². The van der Waals surface area contributed by atoms with Crippen LogP contribution in [0.2, 0.25) is 5.02 Å². The first-order valence-electron chi connectivity index (χ1n) is 13.0. The molecule has 3 aromatic carbocycles. The van der Waals surface area contributed by atoms with Crippen LogP contribution in [-0.2, 0) is 17.6 Å². The monoisotopic (exact) mass is 521 g/mol. The highest BCUT2D eigenvalue weighted by molar-refractivity contribution is 6.31. The van der Waals surface area contributed by atoms with E-state index >= 15 is 0 Å². The number of benzene rings is 3. The van der Waals surface area contributed by atoms with Crippen molar-refractivity contribution in [2.24, 2.45) is 5.92 Å². The molecule has 0 aromatic heterocycles. The van der Waals surface area contributed by atoms with Gasteiger partial charge in [-0.05, 0) is 85.2 Å². The van der Waals surface area contributed by atoms with Gasteiger partial charge in [-0.15, -0.1) is 0 Å². The van der Waals surface area contributed by atoms with Gasteiger partial charge in [-0.3, -0.25) is 4.79 Å². The Balaban J connectivity index is 1.46. The summed E-state index contributed by atoms with van der Waals surface area (Å²) < 4.78 is 12.1. The zero-order chi connectivity index (χ0) is 26.4. The predicted molar refractivity (Wildman–Crippen MR) is 147 cm³/mol. The molecule has 1 aliphatic rings. The summed E-state index contributed by atoms with van der Waals surface area (Å²) in [5.74, 6) is 0.729. The standard InChI is InChI=1S/C31H36ClNO4/c1-4-36-26-12-8-22(9-13-26)17-25-18-23(11-15-28(25)32)30-20(2)29(34)19-27(37-30)14-10-21-6-5-7-24(16-21)31(35)33-3/h5-9,11-13,15-16,18,20,27,29-30,34H,4,10,14,17,19H2,1-3H3,(H,33,35). The Morgan fingerprint density at radius 2 is 1.89 bits per heavy atom. The minimum atomic E-state index is -0.453. The number of rotatable bonds is 9. The van der Waals surface area contributed by atoms with Gasteiger partial charge in [0.15, 0.2) is 0 Å². The maximum absolute atomic E-state index is 12.0. The molecule has 1 aliphatic heterocycles. The molecule has 0 aliphatic carbocycles.